The zero-order chi connectivity index (χ0) is 14.3. The Hall–Kier alpha value is -1.49. The fourth-order valence-electron chi connectivity index (χ4n) is 1.26. The van der Waals surface area contributed by atoms with Crippen molar-refractivity contribution in [3.8, 4) is 0 Å². The monoisotopic (exact) mass is 286 g/mol. The molecule has 0 spiro atoms. The smallest absolute Gasteiger partial charge is 0.282 e. The van der Waals surface area contributed by atoms with Gasteiger partial charge in [0.05, 0.1) is 0 Å². The molecule has 0 fully saturated rings. The molecule has 1 aromatic carbocycles. The van der Waals surface area contributed by atoms with E-state index in [9.17, 15) is 18.0 Å². The lowest BCUT2D eigenvalue weighted by Crippen LogP contribution is -2.00. The largest absolute Gasteiger partial charge is 0.409 e. The van der Waals surface area contributed by atoms with E-state index in [1.807, 2.05) is 6.92 Å². The van der Waals surface area contributed by atoms with Gasteiger partial charge in [0.15, 0.2) is 0 Å². The predicted octanol–water partition coefficient (Wildman–Crippen LogP) is 4.56. The molecule has 0 unspecified atom stereocenters. The van der Waals surface area contributed by atoms with E-state index in [2.05, 4.69) is 0 Å². The second-order valence-electron chi connectivity index (χ2n) is 3.63. The number of alkyl halides is 3. The first-order valence-electron chi connectivity index (χ1n) is 5.61. The first kappa shape index (κ1) is 15.6. The minimum atomic E-state index is -4.30. The van der Waals surface area contributed by atoms with Gasteiger partial charge in [0, 0.05) is 6.08 Å². The molecule has 0 radical (unpaired) electrons. The molecule has 102 valence electrons. The number of hydrogen-bond acceptors (Lipinski definition) is 2. The summed E-state index contributed by atoms with van der Waals surface area (Å²) in [5.74, 6) is 0.713. The van der Waals surface area contributed by atoms with Crippen LogP contribution in [0.25, 0.3) is 12.2 Å². The van der Waals surface area contributed by atoms with Crippen LogP contribution in [0.5, 0.6) is 0 Å². The number of thioether (sulfide) groups is 1. The molecular weight excluding hydrogens is 273 g/mol. The molecule has 0 saturated heterocycles. The number of halogens is 3. The Bertz CT molecular complexity index is 472. The highest BCUT2D eigenvalue weighted by atomic mass is 32.2. The molecule has 0 atom stereocenters. The molecule has 1 rings (SSSR count). The van der Waals surface area contributed by atoms with Crippen molar-refractivity contribution in [2.75, 3.05) is 5.75 Å². The summed E-state index contributed by atoms with van der Waals surface area (Å²) in [6.07, 6.45) is -0.00974. The Morgan fingerprint density at radius 1 is 1.16 bits per heavy atom. The fraction of sp³-hybridized carbons (Fsp3) is 0.214. The summed E-state index contributed by atoms with van der Waals surface area (Å²) in [6.45, 7) is 1.89. The number of hydrogen-bond donors (Lipinski definition) is 0. The Morgan fingerprint density at radius 3 is 2.16 bits per heavy atom. The van der Waals surface area contributed by atoms with E-state index in [4.69, 9.17) is 0 Å². The first-order chi connectivity index (χ1) is 8.90. The van der Waals surface area contributed by atoms with Gasteiger partial charge in [-0.25, -0.2) is 0 Å². The Morgan fingerprint density at radius 2 is 1.68 bits per heavy atom. The standard InChI is InChI=1S/C14H13F3OS/c1-2-19-13(18)8-7-11-3-5-12(6-4-11)9-10-14(15,16)17/h3-10H,2H2,1H3/b8-7+,10-9+. The lowest BCUT2D eigenvalue weighted by Gasteiger charge is -1.99. The quantitative estimate of drug-likeness (QED) is 0.755. The van der Waals surface area contributed by atoms with Crippen LogP contribution in [0.15, 0.2) is 36.4 Å². The van der Waals surface area contributed by atoms with Crippen molar-refractivity contribution in [2.45, 2.75) is 13.1 Å². The van der Waals surface area contributed by atoms with Gasteiger partial charge in [-0.3, -0.25) is 4.79 Å². The molecule has 0 bridgehead atoms. The zero-order valence-electron chi connectivity index (χ0n) is 10.3. The first-order valence-corrected chi connectivity index (χ1v) is 6.60. The number of rotatable bonds is 4. The van der Waals surface area contributed by atoms with E-state index in [0.717, 1.165) is 11.6 Å². The zero-order valence-corrected chi connectivity index (χ0v) is 11.1. The highest BCUT2D eigenvalue weighted by Gasteiger charge is 2.21. The second-order valence-corrected chi connectivity index (χ2v) is 4.90. The van der Waals surface area contributed by atoms with Crippen molar-refractivity contribution < 1.29 is 18.0 Å². The highest BCUT2D eigenvalue weighted by Crippen LogP contribution is 2.18. The van der Waals surface area contributed by atoms with Gasteiger partial charge >= 0.3 is 6.18 Å². The van der Waals surface area contributed by atoms with Crippen molar-refractivity contribution in [3.63, 3.8) is 0 Å². The van der Waals surface area contributed by atoms with E-state index in [1.165, 1.54) is 17.8 Å². The van der Waals surface area contributed by atoms with Crippen molar-refractivity contribution in [1.29, 1.82) is 0 Å². The SMILES string of the molecule is CCSC(=O)/C=C/c1ccc(/C=C/C(F)(F)F)cc1. The Balaban J connectivity index is 2.67. The summed E-state index contributed by atoms with van der Waals surface area (Å²) >= 11 is 1.20. The summed E-state index contributed by atoms with van der Waals surface area (Å²) in [6, 6.07) is 6.46. The van der Waals surface area contributed by atoms with Gasteiger partial charge in [-0.2, -0.15) is 13.2 Å². The molecule has 0 aromatic heterocycles. The maximum atomic E-state index is 12.0. The van der Waals surface area contributed by atoms with Crippen LogP contribution in [-0.4, -0.2) is 17.0 Å². The average Bonchev–Trinajstić information content (AvgIpc) is 2.34. The van der Waals surface area contributed by atoms with E-state index in [1.54, 1.807) is 30.3 Å². The van der Waals surface area contributed by atoms with Crippen LogP contribution in [0, 0.1) is 0 Å². The van der Waals surface area contributed by atoms with Gasteiger partial charge < -0.3 is 0 Å². The normalized spacial score (nSPS) is 12.4. The number of allylic oxidation sites excluding steroid dienone is 1. The van der Waals surface area contributed by atoms with Gasteiger partial charge in [-0.1, -0.05) is 55.1 Å². The number of benzene rings is 1. The fourth-order valence-corrected chi connectivity index (χ4v) is 1.71. The molecule has 1 aromatic rings. The molecule has 0 aliphatic carbocycles. The van der Waals surface area contributed by atoms with Crippen molar-refractivity contribution in [2.24, 2.45) is 0 Å². The Labute approximate surface area is 114 Å². The molecule has 0 saturated carbocycles. The minimum Gasteiger partial charge on any atom is -0.282 e. The summed E-state index contributed by atoms with van der Waals surface area (Å²) in [5.41, 5.74) is 1.23. The van der Waals surface area contributed by atoms with Crippen LogP contribution in [0.2, 0.25) is 0 Å². The molecule has 0 aliphatic heterocycles. The molecule has 5 heteroatoms. The van der Waals surface area contributed by atoms with Gasteiger partial charge in [-0.05, 0) is 23.0 Å². The molecule has 0 amide bonds. The predicted molar refractivity (Wildman–Crippen MR) is 73.7 cm³/mol. The molecule has 0 aliphatic rings. The van der Waals surface area contributed by atoms with Crippen molar-refractivity contribution in [1.82, 2.24) is 0 Å². The molecule has 0 heterocycles. The highest BCUT2D eigenvalue weighted by molar-refractivity contribution is 8.14. The third-order valence-corrected chi connectivity index (χ3v) is 2.81. The lowest BCUT2D eigenvalue weighted by molar-refractivity contribution is -0.107. The number of carbonyl (C=O) groups excluding carboxylic acids is 1. The van der Waals surface area contributed by atoms with Crippen molar-refractivity contribution >= 4 is 29.0 Å². The minimum absolute atomic E-state index is 0.0384. The molecule has 0 N–H and O–H groups in total. The summed E-state index contributed by atoms with van der Waals surface area (Å²) in [7, 11) is 0. The van der Waals surface area contributed by atoms with Crippen LogP contribution in [0.4, 0.5) is 13.2 Å². The molecule has 19 heavy (non-hydrogen) atoms. The third-order valence-electron chi connectivity index (χ3n) is 2.10. The van der Waals surface area contributed by atoms with Gasteiger partial charge in [0.2, 0.25) is 5.12 Å². The molecular formula is C14H13F3OS. The van der Waals surface area contributed by atoms with Crippen LogP contribution in [0.3, 0.4) is 0 Å². The van der Waals surface area contributed by atoms with Gasteiger partial charge in [-0.15, -0.1) is 0 Å². The molecule has 1 nitrogen and oxygen atoms in total. The summed E-state index contributed by atoms with van der Waals surface area (Å²) in [5, 5.41) is -0.0384. The van der Waals surface area contributed by atoms with Gasteiger partial charge in [0.1, 0.15) is 0 Å². The van der Waals surface area contributed by atoms with Crippen LogP contribution in [0.1, 0.15) is 18.1 Å². The van der Waals surface area contributed by atoms with E-state index < -0.39 is 6.18 Å². The Kier molecular flexibility index (Phi) is 5.89. The van der Waals surface area contributed by atoms with Crippen molar-refractivity contribution in [3.05, 3.63) is 47.5 Å². The van der Waals surface area contributed by atoms with E-state index in [0.29, 0.717) is 11.3 Å². The lowest BCUT2D eigenvalue weighted by atomic mass is 10.1. The number of carbonyl (C=O) groups is 1. The second kappa shape index (κ2) is 7.19. The maximum Gasteiger partial charge on any atom is 0.409 e. The average molecular weight is 286 g/mol. The summed E-state index contributed by atoms with van der Waals surface area (Å²) in [4.78, 5) is 11.2. The summed E-state index contributed by atoms with van der Waals surface area (Å²) < 4.78 is 35.9. The van der Waals surface area contributed by atoms with E-state index >= 15 is 0 Å². The third kappa shape index (κ3) is 6.86. The van der Waals surface area contributed by atoms with Crippen LogP contribution >= 0.6 is 11.8 Å². The topological polar surface area (TPSA) is 17.1 Å². The van der Waals surface area contributed by atoms with Gasteiger partial charge in [0.25, 0.3) is 0 Å². The maximum absolute atomic E-state index is 12.0. The van der Waals surface area contributed by atoms with Crippen LogP contribution in [-0.2, 0) is 4.79 Å². The van der Waals surface area contributed by atoms with Crippen LogP contribution < -0.4 is 0 Å². The van der Waals surface area contributed by atoms with E-state index in [-0.39, 0.29) is 11.2 Å².